The number of aromatic hydroxyl groups is 1. The first-order valence-corrected chi connectivity index (χ1v) is 22.1. The summed E-state index contributed by atoms with van der Waals surface area (Å²) in [5.74, 6) is -0.0558. The third kappa shape index (κ3) is 11.3. The van der Waals surface area contributed by atoms with Gasteiger partial charge < -0.3 is 39.6 Å². The van der Waals surface area contributed by atoms with Crippen LogP contribution in [0, 0.1) is 5.92 Å². The molecule has 0 unspecified atom stereocenters. The molecule has 3 aliphatic rings. The number of aromatic amines is 1. The number of phenolic OH excluding ortho intramolecular Hbond substituents is 1. The smallest absolute Gasteiger partial charge is 0.338 e. The lowest BCUT2D eigenvalue weighted by Gasteiger charge is -2.44. The van der Waals surface area contributed by atoms with Gasteiger partial charge in [0.1, 0.15) is 30.8 Å². The van der Waals surface area contributed by atoms with Crippen LogP contribution in [0.4, 0.5) is 0 Å². The number of benzene rings is 5. The van der Waals surface area contributed by atoms with Crippen molar-refractivity contribution in [2.45, 2.75) is 50.5 Å². The predicted molar refractivity (Wildman–Crippen MR) is 246 cm³/mol. The SMILES string of the molecule is CN(CCOC(=O)c1ccc(COc2cccc([C@@H](CC(=O)O[C@H]3CN4CCC3CC4)c3ccccc3)c2)cc1)C(=O)c1ccc(CNC[C@H](O)c2ccc(O)c3[nH]c(=O)ccc23)cc1. The lowest BCUT2D eigenvalue weighted by molar-refractivity contribution is -0.159. The van der Waals surface area contributed by atoms with Gasteiger partial charge in [0.05, 0.1) is 30.1 Å². The first kappa shape index (κ1) is 44.8. The monoisotopic (exact) mass is 878 g/mol. The Bertz CT molecular complexity index is 2640. The van der Waals surface area contributed by atoms with Crippen LogP contribution >= 0.6 is 0 Å². The van der Waals surface area contributed by atoms with Crippen LogP contribution in [-0.4, -0.2) is 95.3 Å². The number of amides is 1. The largest absolute Gasteiger partial charge is 0.506 e. The summed E-state index contributed by atoms with van der Waals surface area (Å²) in [6.07, 6.45) is 1.47. The maximum absolute atomic E-state index is 13.4. The van der Waals surface area contributed by atoms with Crippen LogP contribution in [0.15, 0.2) is 132 Å². The Morgan fingerprint density at radius 2 is 1.57 bits per heavy atom. The highest BCUT2D eigenvalue weighted by molar-refractivity contribution is 5.94. The van der Waals surface area contributed by atoms with Gasteiger partial charge >= 0.3 is 11.9 Å². The number of phenols is 1. The summed E-state index contributed by atoms with van der Waals surface area (Å²) in [5, 5.41) is 24.7. The van der Waals surface area contributed by atoms with E-state index in [2.05, 4.69) is 15.2 Å². The molecule has 13 nitrogen and oxygen atoms in total. The average molecular weight is 879 g/mol. The Kier molecular flexibility index (Phi) is 14.3. The fourth-order valence-corrected chi connectivity index (χ4v) is 8.72. The van der Waals surface area contributed by atoms with Gasteiger partial charge in [-0.3, -0.25) is 19.3 Å². The number of aromatic nitrogens is 1. The van der Waals surface area contributed by atoms with E-state index in [1.54, 1.807) is 43.4 Å². The van der Waals surface area contributed by atoms with Crippen LogP contribution in [-0.2, 0) is 27.4 Å². The van der Waals surface area contributed by atoms with E-state index in [9.17, 15) is 29.4 Å². The lowest BCUT2D eigenvalue weighted by atomic mass is 9.85. The normalized spacial score (nSPS) is 17.5. The Balaban J connectivity index is 0.771. The van der Waals surface area contributed by atoms with E-state index in [1.165, 1.54) is 17.0 Å². The van der Waals surface area contributed by atoms with Gasteiger partial charge in [-0.2, -0.15) is 0 Å². The van der Waals surface area contributed by atoms with Gasteiger partial charge in [0.15, 0.2) is 0 Å². The summed E-state index contributed by atoms with van der Waals surface area (Å²) in [7, 11) is 1.65. The highest BCUT2D eigenvalue weighted by Gasteiger charge is 2.37. The average Bonchev–Trinajstić information content (AvgIpc) is 3.33. The molecule has 4 heterocycles. The van der Waals surface area contributed by atoms with Gasteiger partial charge in [-0.05, 0) is 108 Å². The minimum absolute atomic E-state index is 0.0143. The maximum Gasteiger partial charge on any atom is 0.338 e. The molecule has 3 saturated heterocycles. The second-order valence-electron chi connectivity index (χ2n) is 16.9. The number of hydrogen-bond donors (Lipinski definition) is 4. The van der Waals surface area contributed by atoms with Crippen molar-refractivity contribution in [3.05, 3.63) is 177 Å². The van der Waals surface area contributed by atoms with E-state index in [0.29, 0.717) is 40.3 Å². The number of H-pyrrole nitrogens is 1. The molecule has 6 aromatic rings. The van der Waals surface area contributed by atoms with Crippen molar-refractivity contribution in [3.63, 3.8) is 0 Å². The molecule has 1 amide bonds. The summed E-state index contributed by atoms with van der Waals surface area (Å²) in [4.78, 5) is 57.6. The highest BCUT2D eigenvalue weighted by atomic mass is 16.5. The Hall–Kier alpha value is -6.80. The van der Waals surface area contributed by atoms with Crippen LogP contribution in [0.25, 0.3) is 10.9 Å². The third-order valence-electron chi connectivity index (χ3n) is 12.4. The second-order valence-corrected chi connectivity index (χ2v) is 16.9. The van der Waals surface area contributed by atoms with Crippen LogP contribution in [0.5, 0.6) is 11.5 Å². The predicted octanol–water partition coefficient (Wildman–Crippen LogP) is 6.72. The number of nitrogens with one attached hydrogen (secondary N) is 2. The molecule has 336 valence electrons. The number of likely N-dealkylation sites (N-methyl/N-ethyl adjacent to an activating group) is 1. The number of nitrogens with zero attached hydrogens (tertiary/aromatic N) is 2. The summed E-state index contributed by atoms with van der Waals surface area (Å²) in [6.45, 7) is 4.13. The molecule has 9 rings (SSSR count). The maximum atomic E-state index is 13.4. The standard InChI is InChI=1S/C52H54N4O9/c1-55(51(61)38-14-10-34(11-15-38)30-53-31-46(58)42-18-20-45(57)50-43(42)19-21-48(59)54-50)26-27-63-52(62)39-16-12-35(13-17-39)33-64-41-9-5-8-40(28-41)44(36-6-3-2-4-7-36)29-49(60)65-47-32-56-24-22-37(47)23-25-56/h2-21,28,37,44,46-47,53,57-58H,22-27,29-33H2,1H3,(H,54,59)/t44-,46-,47-/m0/s1. The van der Waals surface area contributed by atoms with Crippen LogP contribution in [0.3, 0.4) is 0 Å². The molecule has 0 saturated carbocycles. The van der Waals surface area contributed by atoms with Gasteiger partial charge in [0.25, 0.3) is 5.91 Å². The number of ether oxygens (including phenoxy) is 3. The molecule has 0 aliphatic carbocycles. The summed E-state index contributed by atoms with van der Waals surface area (Å²) >= 11 is 0. The minimum atomic E-state index is -0.896. The van der Waals surface area contributed by atoms with Crippen molar-refractivity contribution in [3.8, 4) is 11.5 Å². The fraction of sp³-hybridized carbons (Fsp3) is 0.308. The van der Waals surface area contributed by atoms with E-state index in [-0.39, 0.29) is 73.4 Å². The Morgan fingerprint density at radius 1 is 0.846 bits per heavy atom. The van der Waals surface area contributed by atoms with Crippen molar-refractivity contribution in [2.24, 2.45) is 5.92 Å². The Labute approximate surface area is 377 Å². The zero-order valence-electron chi connectivity index (χ0n) is 36.4. The summed E-state index contributed by atoms with van der Waals surface area (Å²) in [5.41, 5.74) is 5.11. The van der Waals surface area contributed by atoms with Crippen LogP contribution in [0.2, 0.25) is 0 Å². The number of hydrogen-bond acceptors (Lipinski definition) is 11. The van der Waals surface area contributed by atoms with Crippen LogP contribution < -0.4 is 15.6 Å². The molecule has 0 spiro atoms. The number of carbonyl (C=O) groups is 3. The topological polar surface area (TPSA) is 171 Å². The number of esters is 2. The van der Waals surface area contributed by atoms with Gasteiger partial charge in [0.2, 0.25) is 5.56 Å². The van der Waals surface area contributed by atoms with Gasteiger partial charge in [-0.15, -0.1) is 0 Å². The molecule has 2 bridgehead atoms. The minimum Gasteiger partial charge on any atom is -0.506 e. The van der Waals surface area contributed by atoms with Gasteiger partial charge in [0, 0.05) is 49.6 Å². The van der Waals surface area contributed by atoms with E-state index in [4.69, 9.17) is 14.2 Å². The third-order valence-corrected chi connectivity index (χ3v) is 12.4. The van der Waals surface area contributed by atoms with Crippen molar-refractivity contribution < 1.29 is 38.8 Å². The molecule has 4 N–H and O–H groups in total. The van der Waals surface area contributed by atoms with Crippen molar-refractivity contribution >= 4 is 28.7 Å². The van der Waals surface area contributed by atoms with E-state index in [1.807, 2.05) is 78.9 Å². The zero-order chi connectivity index (χ0) is 45.3. The molecule has 1 aromatic heterocycles. The number of aliphatic hydroxyl groups excluding tert-OH is 1. The number of carbonyl (C=O) groups excluding carboxylic acids is 3. The van der Waals surface area contributed by atoms with Crippen molar-refractivity contribution in [1.29, 1.82) is 0 Å². The number of fused-ring (bicyclic) bond motifs is 4. The fourth-order valence-electron chi connectivity index (χ4n) is 8.72. The summed E-state index contributed by atoms with van der Waals surface area (Å²) < 4.78 is 17.8. The summed E-state index contributed by atoms with van der Waals surface area (Å²) in [6, 6.07) is 37.9. The highest BCUT2D eigenvalue weighted by Crippen LogP contribution is 2.34. The first-order valence-electron chi connectivity index (χ1n) is 22.1. The molecular weight excluding hydrogens is 825 g/mol. The zero-order valence-corrected chi connectivity index (χ0v) is 36.4. The van der Waals surface area contributed by atoms with Crippen LogP contribution in [0.1, 0.15) is 79.8 Å². The first-order chi connectivity index (χ1) is 31.6. The number of pyridine rings is 1. The second kappa shape index (κ2) is 20.8. The number of aliphatic hydroxyl groups is 1. The van der Waals surface area contributed by atoms with Gasteiger partial charge in [-0.25, -0.2) is 4.79 Å². The van der Waals surface area contributed by atoms with Crippen molar-refractivity contribution in [1.82, 2.24) is 20.1 Å². The van der Waals surface area contributed by atoms with E-state index >= 15 is 0 Å². The molecule has 13 heteroatoms. The molecular formula is C52H54N4O9. The lowest BCUT2D eigenvalue weighted by Crippen LogP contribution is -2.52. The van der Waals surface area contributed by atoms with Crippen molar-refractivity contribution in [2.75, 3.05) is 46.4 Å². The molecule has 3 atom stereocenters. The van der Waals surface area contributed by atoms with E-state index < -0.39 is 12.1 Å². The molecule has 65 heavy (non-hydrogen) atoms. The Morgan fingerprint density at radius 3 is 2.31 bits per heavy atom. The van der Waals surface area contributed by atoms with E-state index in [0.717, 1.165) is 54.7 Å². The van der Waals surface area contributed by atoms with Gasteiger partial charge in [-0.1, -0.05) is 72.8 Å². The molecule has 3 fully saturated rings. The molecule has 0 radical (unpaired) electrons. The molecule has 3 aliphatic heterocycles. The molecule has 5 aromatic carbocycles. The number of rotatable bonds is 18. The number of piperidine rings is 3. The quantitative estimate of drug-likeness (QED) is 0.0676.